The van der Waals surface area contributed by atoms with Gasteiger partial charge in [0.2, 0.25) is 0 Å². The van der Waals surface area contributed by atoms with Gasteiger partial charge in [0.25, 0.3) is 0 Å². The number of halogens is 2. The average molecular weight is 356 g/mol. The summed E-state index contributed by atoms with van der Waals surface area (Å²) in [5.74, 6) is 0.878. The lowest BCUT2D eigenvalue weighted by atomic mass is 10.3. The zero-order valence-corrected chi connectivity index (χ0v) is 14.9. The van der Waals surface area contributed by atoms with Crippen LogP contribution < -0.4 is 10.1 Å². The predicted octanol–water partition coefficient (Wildman–Crippen LogP) is 5.52. The van der Waals surface area contributed by atoms with Gasteiger partial charge in [0.15, 0.2) is 0 Å². The highest BCUT2D eigenvalue weighted by atomic mass is 35.5. The van der Waals surface area contributed by atoms with Crippen LogP contribution in [0.1, 0.15) is 13.8 Å². The minimum atomic E-state index is 0.313. The number of likely N-dealkylation sites (N-methyl/N-ethyl adjacent to an activating group) is 1. The van der Waals surface area contributed by atoms with E-state index in [1.165, 1.54) is 0 Å². The molecule has 0 radical (unpaired) electrons. The summed E-state index contributed by atoms with van der Waals surface area (Å²) in [5, 5.41) is 4.46. The van der Waals surface area contributed by atoms with Crippen molar-refractivity contribution in [2.75, 3.05) is 13.2 Å². The molecular formula is C17H19Cl2NOS. The number of hydrogen-bond acceptors (Lipinski definition) is 3. The van der Waals surface area contributed by atoms with Gasteiger partial charge in [-0.05, 0) is 43.8 Å². The van der Waals surface area contributed by atoms with Crippen LogP contribution in [0, 0.1) is 0 Å². The SMILES string of the molecule is CCNC(C)COc1ccccc1Sc1ccc(Cl)c(Cl)c1. The molecule has 0 aliphatic heterocycles. The van der Waals surface area contributed by atoms with Gasteiger partial charge in [-0.2, -0.15) is 0 Å². The molecule has 0 heterocycles. The fraction of sp³-hybridized carbons (Fsp3) is 0.294. The van der Waals surface area contributed by atoms with E-state index in [1.54, 1.807) is 11.8 Å². The maximum Gasteiger partial charge on any atom is 0.133 e. The molecule has 2 rings (SSSR count). The highest BCUT2D eigenvalue weighted by Crippen LogP contribution is 2.37. The largest absolute Gasteiger partial charge is 0.491 e. The Morgan fingerprint density at radius 1 is 1.14 bits per heavy atom. The van der Waals surface area contributed by atoms with Crippen molar-refractivity contribution in [3.05, 3.63) is 52.5 Å². The van der Waals surface area contributed by atoms with Crippen LogP contribution in [0.3, 0.4) is 0 Å². The molecule has 0 aliphatic carbocycles. The van der Waals surface area contributed by atoms with Crippen LogP contribution in [0.15, 0.2) is 52.3 Å². The summed E-state index contributed by atoms with van der Waals surface area (Å²) >= 11 is 13.6. The van der Waals surface area contributed by atoms with Crippen LogP contribution in [0.2, 0.25) is 10.0 Å². The Morgan fingerprint density at radius 3 is 2.64 bits per heavy atom. The Morgan fingerprint density at radius 2 is 1.91 bits per heavy atom. The molecule has 2 nitrogen and oxygen atoms in total. The number of nitrogens with one attached hydrogen (secondary N) is 1. The normalized spacial score (nSPS) is 12.2. The molecular weight excluding hydrogens is 337 g/mol. The Labute approximate surface area is 146 Å². The van der Waals surface area contributed by atoms with Gasteiger partial charge in [-0.1, -0.05) is 54.0 Å². The Hall–Kier alpha value is -0.870. The van der Waals surface area contributed by atoms with Crippen molar-refractivity contribution < 1.29 is 4.74 Å². The van der Waals surface area contributed by atoms with Crippen molar-refractivity contribution in [1.82, 2.24) is 5.32 Å². The summed E-state index contributed by atoms with van der Waals surface area (Å²) in [7, 11) is 0. The van der Waals surface area contributed by atoms with Crippen LogP contribution in [0.5, 0.6) is 5.75 Å². The molecule has 0 fully saturated rings. The first-order valence-electron chi connectivity index (χ1n) is 7.18. The zero-order valence-electron chi connectivity index (χ0n) is 12.6. The molecule has 2 aromatic rings. The van der Waals surface area contributed by atoms with Gasteiger partial charge < -0.3 is 10.1 Å². The van der Waals surface area contributed by atoms with Gasteiger partial charge in [-0.25, -0.2) is 0 Å². The molecule has 0 bridgehead atoms. The van der Waals surface area contributed by atoms with Gasteiger partial charge in [0.1, 0.15) is 12.4 Å². The van der Waals surface area contributed by atoms with Crippen LogP contribution >= 0.6 is 35.0 Å². The average Bonchev–Trinajstić information content (AvgIpc) is 2.50. The van der Waals surface area contributed by atoms with Gasteiger partial charge in [0, 0.05) is 10.9 Å². The minimum Gasteiger partial charge on any atom is -0.491 e. The second-order valence-corrected chi connectivity index (χ2v) is 6.82. The number of ether oxygens (including phenoxy) is 1. The fourth-order valence-electron chi connectivity index (χ4n) is 1.94. The summed E-state index contributed by atoms with van der Waals surface area (Å²) < 4.78 is 5.94. The van der Waals surface area contributed by atoms with Crippen LogP contribution in [-0.2, 0) is 0 Å². The molecule has 1 atom stereocenters. The Balaban J connectivity index is 2.09. The summed E-state index contributed by atoms with van der Waals surface area (Å²) in [6.45, 7) is 5.76. The number of hydrogen-bond donors (Lipinski definition) is 1. The fourth-order valence-corrected chi connectivity index (χ4v) is 3.25. The number of rotatable bonds is 7. The molecule has 0 aromatic heterocycles. The first-order valence-corrected chi connectivity index (χ1v) is 8.75. The molecule has 2 aromatic carbocycles. The monoisotopic (exact) mass is 355 g/mol. The lowest BCUT2D eigenvalue weighted by molar-refractivity contribution is 0.270. The zero-order chi connectivity index (χ0) is 15.9. The van der Waals surface area contributed by atoms with Crippen molar-refractivity contribution in [1.29, 1.82) is 0 Å². The van der Waals surface area contributed by atoms with Crippen molar-refractivity contribution in [3.8, 4) is 5.75 Å². The van der Waals surface area contributed by atoms with E-state index in [1.807, 2.05) is 42.5 Å². The topological polar surface area (TPSA) is 21.3 Å². The maximum absolute atomic E-state index is 6.07. The van der Waals surface area contributed by atoms with E-state index < -0.39 is 0 Å². The molecule has 1 N–H and O–H groups in total. The minimum absolute atomic E-state index is 0.313. The summed E-state index contributed by atoms with van der Waals surface area (Å²) in [5.41, 5.74) is 0. The smallest absolute Gasteiger partial charge is 0.133 e. The maximum atomic E-state index is 6.07. The van der Waals surface area contributed by atoms with E-state index >= 15 is 0 Å². The van der Waals surface area contributed by atoms with Gasteiger partial charge in [-0.15, -0.1) is 0 Å². The van der Waals surface area contributed by atoms with E-state index in [4.69, 9.17) is 27.9 Å². The summed E-state index contributed by atoms with van der Waals surface area (Å²) in [6.07, 6.45) is 0. The van der Waals surface area contributed by atoms with Crippen LogP contribution in [-0.4, -0.2) is 19.2 Å². The predicted molar refractivity (Wildman–Crippen MR) is 95.7 cm³/mol. The molecule has 0 amide bonds. The molecule has 1 unspecified atom stereocenters. The van der Waals surface area contributed by atoms with E-state index in [-0.39, 0.29) is 0 Å². The van der Waals surface area contributed by atoms with E-state index in [0.717, 1.165) is 22.1 Å². The molecule has 0 saturated heterocycles. The van der Waals surface area contributed by atoms with Crippen molar-refractivity contribution in [2.24, 2.45) is 0 Å². The molecule has 0 saturated carbocycles. The quantitative estimate of drug-likeness (QED) is 0.706. The highest BCUT2D eigenvalue weighted by molar-refractivity contribution is 7.99. The highest BCUT2D eigenvalue weighted by Gasteiger charge is 2.08. The van der Waals surface area contributed by atoms with Crippen molar-refractivity contribution >= 4 is 35.0 Å². The molecule has 0 aliphatic rings. The standard InChI is InChI=1S/C17H19Cl2NOS/c1-3-20-12(2)11-21-16-6-4-5-7-17(16)22-13-8-9-14(18)15(19)10-13/h4-10,12,20H,3,11H2,1-2H3. The van der Waals surface area contributed by atoms with Gasteiger partial charge in [-0.3, -0.25) is 0 Å². The Bertz CT molecular complexity index is 621. The third-order valence-electron chi connectivity index (χ3n) is 3.01. The first kappa shape index (κ1) is 17.5. The lowest BCUT2D eigenvalue weighted by Gasteiger charge is -2.16. The van der Waals surface area contributed by atoms with E-state index in [0.29, 0.717) is 22.7 Å². The molecule has 0 spiro atoms. The molecule has 118 valence electrons. The molecule has 5 heteroatoms. The number of benzene rings is 2. The first-order chi connectivity index (χ1) is 10.6. The molecule has 22 heavy (non-hydrogen) atoms. The summed E-state index contributed by atoms with van der Waals surface area (Å²) in [6, 6.07) is 13.9. The van der Waals surface area contributed by atoms with Crippen molar-refractivity contribution in [2.45, 2.75) is 29.7 Å². The second-order valence-electron chi connectivity index (χ2n) is 4.89. The third kappa shape index (κ3) is 5.10. The third-order valence-corrected chi connectivity index (χ3v) is 4.80. The second kappa shape index (κ2) is 8.68. The van der Waals surface area contributed by atoms with Crippen LogP contribution in [0.25, 0.3) is 0 Å². The lowest BCUT2D eigenvalue weighted by Crippen LogP contribution is -2.31. The van der Waals surface area contributed by atoms with E-state index in [9.17, 15) is 0 Å². The summed E-state index contributed by atoms with van der Waals surface area (Å²) in [4.78, 5) is 2.09. The van der Waals surface area contributed by atoms with Gasteiger partial charge in [0.05, 0.1) is 14.9 Å². The van der Waals surface area contributed by atoms with Crippen molar-refractivity contribution in [3.63, 3.8) is 0 Å². The number of para-hydroxylation sites is 1. The van der Waals surface area contributed by atoms with E-state index in [2.05, 4.69) is 19.2 Å². The van der Waals surface area contributed by atoms with Crippen LogP contribution in [0.4, 0.5) is 0 Å². The Kier molecular flexibility index (Phi) is 6.90. The van der Waals surface area contributed by atoms with Gasteiger partial charge >= 0.3 is 0 Å².